The average molecular weight is 466 g/mol. The lowest BCUT2D eigenvalue weighted by Gasteiger charge is -2.37. The minimum atomic E-state index is -0.410. The molecule has 0 saturated heterocycles. The number of phenols is 1. The standard InChI is InChI=1S/C21H24BrNO6/c1-26-17-6-5-13(19(22)20(17)28-3)9-15-14-11-16(24)18(27-2)10-12(14)7-8-23(15)21(25)29-4/h5-6,10-11,15,24H,7-9H2,1-4H3. The number of aromatic hydroxyl groups is 1. The Balaban J connectivity index is 2.07. The summed E-state index contributed by atoms with van der Waals surface area (Å²) in [6.45, 7) is 0.503. The van der Waals surface area contributed by atoms with E-state index in [2.05, 4.69) is 15.9 Å². The van der Waals surface area contributed by atoms with E-state index in [-0.39, 0.29) is 11.8 Å². The number of methoxy groups -OCH3 is 4. The van der Waals surface area contributed by atoms with Crippen LogP contribution in [-0.4, -0.2) is 51.1 Å². The molecule has 29 heavy (non-hydrogen) atoms. The van der Waals surface area contributed by atoms with Crippen LogP contribution in [0.4, 0.5) is 4.79 Å². The van der Waals surface area contributed by atoms with Crippen molar-refractivity contribution >= 4 is 22.0 Å². The minimum absolute atomic E-state index is 0.0364. The van der Waals surface area contributed by atoms with Gasteiger partial charge >= 0.3 is 6.09 Å². The summed E-state index contributed by atoms with van der Waals surface area (Å²) in [4.78, 5) is 14.1. The van der Waals surface area contributed by atoms with Gasteiger partial charge in [0, 0.05) is 6.54 Å². The van der Waals surface area contributed by atoms with E-state index in [4.69, 9.17) is 18.9 Å². The molecule has 0 radical (unpaired) electrons. The maximum Gasteiger partial charge on any atom is 0.410 e. The summed E-state index contributed by atoms with van der Waals surface area (Å²) < 4.78 is 21.8. The monoisotopic (exact) mass is 465 g/mol. The number of amides is 1. The average Bonchev–Trinajstić information content (AvgIpc) is 2.74. The highest BCUT2D eigenvalue weighted by molar-refractivity contribution is 9.10. The van der Waals surface area contributed by atoms with Crippen molar-refractivity contribution in [3.63, 3.8) is 0 Å². The van der Waals surface area contributed by atoms with Crippen LogP contribution >= 0.6 is 15.9 Å². The minimum Gasteiger partial charge on any atom is -0.504 e. The van der Waals surface area contributed by atoms with Gasteiger partial charge in [-0.3, -0.25) is 0 Å². The molecule has 3 rings (SSSR count). The second-order valence-electron chi connectivity index (χ2n) is 6.63. The van der Waals surface area contributed by atoms with Crippen LogP contribution in [0.2, 0.25) is 0 Å². The van der Waals surface area contributed by atoms with Crippen LogP contribution in [0, 0.1) is 0 Å². The highest BCUT2D eigenvalue weighted by Gasteiger charge is 2.33. The quantitative estimate of drug-likeness (QED) is 0.716. The molecule has 1 atom stereocenters. The van der Waals surface area contributed by atoms with Gasteiger partial charge in [0.25, 0.3) is 0 Å². The fourth-order valence-electron chi connectivity index (χ4n) is 3.73. The molecule has 0 spiro atoms. The first-order valence-electron chi connectivity index (χ1n) is 9.08. The number of rotatable bonds is 5. The molecule has 2 aromatic rings. The Morgan fingerprint density at radius 2 is 1.86 bits per heavy atom. The van der Waals surface area contributed by atoms with Gasteiger partial charge in [-0.05, 0) is 63.7 Å². The number of phenolic OH excluding ortho intramolecular Hbond substituents is 1. The van der Waals surface area contributed by atoms with Crippen molar-refractivity contribution in [2.45, 2.75) is 18.9 Å². The van der Waals surface area contributed by atoms with Gasteiger partial charge in [0.1, 0.15) is 0 Å². The Labute approximate surface area is 178 Å². The molecule has 156 valence electrons. The van der Waals surface area contributed by atoms with E-state index in [1.54, 1.807) is 25.2 Å². The summed E-state index contributed by atoms with van der Waals surface area (Å²) in [5.41, 5.74) is 2.83. The molecule has 0 aromatic heterocycles. The van der Waals surface area contributed by atoms with Crippen molar-refractivity contribution in [1.29, 1.82) is 0 Å². The molecular formula is C21H24BrNO6. The van der Waals surface area contributed by atoms with Crippen LogP contribution in [0.1, 0.15) is 22.7 Å². The topological polar surface area (TPSA) is 77.5 Å². The molecule has 1 N–H and O–H groups in total. The Morgan fingerprint density at radius 3 is 2.48 bits per heavy atom. The second-order valence-corrected chi connectivity index (χ2v) is 7.42. The Bertz CT molecular complexity index is 917. The molecule has 8 heteroatoms. The van der Waals surface area contributed by atoms with Crippen LogP contribution in [0.5, 0.6) is 23.0 Å². The van der Waals surface area contributed by atoms with Gasteiger partial charge in [0.05, 0.1) is 39.0 Å². The lowest BCUT2D eigenvalue weighted by molar-refractivity contribution is 0.100. The van der Waals surface area contributed by atoms with Crippen LogP contribution in [0.3, 0.4) is 0 Å². The highest BCUT2D eigenvalue weighted by Crippen LogP contribution is 2.43. The maximum absolute atomic E-state index is 12.5. The number of fused-ring (bicyclic) bond motifs is 1. The fourth-order valence-corrected chi connectivity index (χ4v) is 4.38. The third-order valence-electron chi connectivity index (χ3n) is 5.19. The van der Waals surface area contributed by atoms with E-state index in [1.807, 2.05) is 18.2 Å². The molecule has 0 saturated carbocycles. The van der Waals surface area contributed by atoms with Crippen molar-refractivity contribution in [1.82, 2.24) is 4.90 Å². The fraction of sp³-hybridized carbons (Fsp3) is 0.381. The lowest BCUT2D eigenvalue weighted by Crippen LogP contribution is -2.41. The molecule has 1 unspecified atom stereocenters. The second kappa shape index (κ2) is 8.82. The predicted octanol–water partition coefficient (Wildman–Crippen LogP) is 4.09. The molecule has 0 aliphatic carbocycles. The van der Waals surface area contributed by atoms with Gasteiger partial charge in [-0.15, -0.1) is 0 Å². The van der Waals surface area contributed by atoms with E-state index >= 15 is 0 Å². The third-order valence-corrected chi connectivity index (χ3v) is 6.05. The Morgan fingerprint density at radius 1 is 1.14 bits per heavy atom. The molecule has 0 bridgehead atoms. The van der Waals surface area contributed by atoms with Gasteiger partial charge < -0.3 is 29.0 Å². The van der Waals surface area contributed by atoms with Gasteiger partial charge in [-0.2, -0.15) is 0 Å². The summed E-state index contributed by atoms with van der Waals surface area (Å²) in [5.74, 6) is 1.65. The summed E-state index contributed by atoms with van der Waals surface area (Å²) in [6.07, 6.45) is 0.729. The van der Waals surface area contributed by atoms with E-state index in [0.717, 1.165) is 21.2 Å². The number of nitrogens with zero attached hydrogens (tertiary/aromatic N) is 1. The number of benzene rings is 2. The van der Waals surface area contributed by atoms with Crippen LogP contribution < -0.4 is 14.2 Å². The number of hydrogen-bond acceptors (Lipinski definition) is 6. The molecule has 0 fully saturated rings. The largest absolute Gasteiger partial charge is 0.504 e. The molecule has 2 aromatic carbocycles. The van der Waals surface area contributed by atoms with E-state index in [9.17, 15) is 9.90 Å². The van der Waals surface area contributed by atoms with Gasteiger partial charge in [0.15, 0.2) is 23.0 Å². The molecule has 1 aliphatic rings. The summed E-state index contributed by atoms with van der Waals surface area (Å²) >= 11 is 3.60. The zero-order valence-electron chi connectivity index (χ0n) is 16.8. The van der Waals surface area contributed by atoms with Gasteiger partial charge in [-0.25, -0.2) is 4.79 Å². The number of carbonyl (C=O) groups is 1. The third kappa shape index (κ3) is 3.94. The highest BCUT2D eigenvalue weighted by atomic mass is 79.9. The lowest BCUT2D eigenvalue weighted by atomic mass is 9.88. The van der Waals surface area contributed by atoms with Gasteiger partial charge in [-0.1, -0.05) is 6.07 Å². The number of halogens is 1. The molecular weight excluding hydrogens is 442 g/mol. The maximum atomic E-state index is 12.5. The zero-order valence-corrected chi connectivity index (χ0v) is 18.4. The summed E-state index contributed by atoms with van der Waals surface area (Å²) in [7, 11) is 6.04. The van der Waals surface area contributed by atoms with E-state index < -0.39 is 6.09 Å². The number of hydrogen-bond donors (Lipinski definition) is 1. The van der Waals surface area contributed by atoms with Crippen LogP contribution in [0.25, 0.3) is 0 Å². The van der Waals surface area contributed by atoms with Crippen LogP contribution in [0.15, 0.2) is 28.7 Å². The van der Waals surface area contributed by atoms with E-state index in [1.165, 1.54) is 14.2 Å². The molecule has 1 aliphatic heterocycles. The number of ether oxygens (including phenoxy) is 4. The molecule has 1 heterocycles. The van der Waals surface area contributed by atoms with Crippen LogP contribution in [-0.2, 0) is 17.6 Å². The normalized spacial score (nSPS) is 15.5. The SMILES string of the molecule is COC(=O)N1CCc2cc(OC)c(O)cc2C1Cc1ccc(OC)c(OC)c1Br. The van der Waals surface area contributed by atoms with Crippen molar-refractivity contribution in [3.8, 4) is 23.0 Å². The Hall–Kier alpha value is -2.61. The smallest absolute Gasteiger partial charge is 0.410 e. The van der Waals surface area contributed by atoms with Crippen molar-refractivity contribution in [2.24, 2.45) is 0 Å². The van der Waals surface area contributed by atoms with Gasteiger partial charge in [0.2, 0.25) is 0 Å². The first-order chi connectivity index (χ1) is 13.9. The first-order valence-corrected chi connectivity index (χ1v) is 9.88. The first kappa shape index (κ1) is 21.1. The molecule has 1 amide bonds. The van der Waals surface area contributed by atoms with Crippen molar-refractivity contribution < 1.29 is 28.8 Å². The predicted molar refractivity (Wildman–Crippen MR) is 111 cm³/mol. The summed E-state index contributed by atoms with van der Waals surface area (Å²) in [5, 5.41) is 10.3. The summed E-state index contributed by atoms with van der Waals surface area (Å²) in [6, 6.07) is 6.94. The van der Waals surface area contributed by atoms with E-state index in [0.29, 0.717) is 36.6 Å². The van der Waals surface area contributed by atoms with Crippen molar-refractivity contribution in [3.05, 3.63) is 45.4 Å². The molecule has 7 nitrogen and oxygen atoms in total. The zero-order chi connectivity index (χ0) is 21.1. The van der Waals surface area contributed by atoms with Crippen molar-refractivity contribution in [2.75, 3.05) is 35.0 Å². The Kier molecular flexibility index (Phi) is 6.42. The number of carbonyl (C=O) groups excluding carboxylic acids is 1.